The van der Waals surface area contributed by atoms with Gasteiger partial charge in [0.25, 0.3) is 0 Å². The van der Waals surface area contributed by atoms with Crippen molar-refractivity contribution in [1.29, 1.82) is 0 Å². The van der Waals surface area contributed by atoms with Crippen LogP contribution in [0.15, 0.2) is 70.4 Å². The van der Waals surface area contributed by atoms with E-state index in [-0.39, 0.29) is 11.6 Å². The number of rotatable bonds is 4. The molecule has 1 unspecified atom stereocenters. The summed E-state index contributed by atoms with van der Waals surface area (Å²) in [5.41, 5.74) is 4.57. The van der Waals surface area contributed by atoms with Crippen LogP contribution in [0.3, 0.4) is 0 Å². The topological polar surface area (TPSA) is 71.0 Å². The molecule has 6 heteroatoms. The zero-order chi connectivity index (χ0) is 24.1. The fraction of sp³-hybridized carbons (Fsp3) is 0.345. The number of nitrogens with one attached hydrogen (secondary N) is 1. The summed E-state index contributed by atoms with van der Waals surface area (Å²) in [6.07, 6.45) is 5.11. The first-order chi connectivity index (χ1) is 17.0. The molecule has 1 saturated heterocycles. The Bertz CT molecular complexity index is 1340. The molecule has 0 spiro atoms. The molecular weight excluding hydrogens is 438 g/mol. The predicted octanol–water partition coefficient (Wildman–Crippen LogP) is 4.57. The molecule has 2 heterocycles. The Labute approximate surface area is 205 Å². The van der Waals surface area contributed by atoms with Crippen molar-refractivity contribution in [3.8, 4) is 5.75 Å². The van der Waals surface area contributed by atoms with Crippen LogP contribution >= 0.6 is 0 Å². The Morgan fingerprint density at radius 1 is 1.06 bits per heavy atom. The lowest BCUT2D eigenvalue weighted by molar-refractivity contribution is 0.0978. The first-order valence-corrected chi connectivity index (χ1v) is 12.5. The van der Waals surface area contributed by atoms with Gasteiger partial charge in [-0.1, -0.05) is 36.8 Å². The minimum atomic E-state index is -0.526. The molecule has 4 aliphatic rings. The lowest BCUT2D eigenvalue weighted by Gasteiger charge is -2.35. The van der Waals surface area contributed by atoms with E-state index in [0.29, 0.717) is 57.7 Å². The van der Waals surface area contributed by atoms with Gasteiger partial charge in [0.05, 0.1) is 16.9 Å². The molecule has 1 N–H and O–H groups in total. The Balaban J connectivity index is 1.39. The highest BCUT2D eigenvalue weighted by molar-refractivity contribution is 6.40. The van der Waals surface area contributed by atoms with Gasteiger partial charge in [0.2, 0.25) is 0 Å². The summed E-state index contributed by atoms with van der Waals surface area (Å²) in [7, 11) is 0. The van der Waals surface area contributed by atoms with Gasteiger partial charge in [-0.05, 0) is 57.0 Å². The second-order valence-electron chi connectivity index (χ2n) is 9.85. The van der Waals surface area contributed by atoms with Gasteiger partial charge in [-0.2, -0.15) is 0 Å². The predicted molar refractivity (Wildman–Crippen MR) is 136 cm³/mol. The molecule has 1 fully saturated rings. The summed E-state index contributed by atoms with van der Waals surface area (Å²) < 4.78 is 6.30. The highest BCUT2D eigenvalue weighted by Crippen LogP contribution is 2.41. The second-order valence-corrected chi connectivity index (χ2v) is 9.85. The van der Waals surface area contributed by atoms with E-state index < -0.39 is 6.10 Å². The third kappa shape index (κ3) is 3.73. The number of carbonyl (C=O) groups is 2. The van der Waals surface area contributed by atoms with E-state index >= 15 is 0 Å². The zero-order valence-corrected chi connectivity index (χ0v) is 20.1. The van der Waals surface area contributed by atoms with Crippen molar-refractivity contribution < 1.29 is 14.3 Å². The largest absolute Gasteiger partial charge is 0.478 e. The highest BCUT2D eigenvalue weighted by Gasteiger charge is 2.43. The van der Waals surface area contributed by atoms with Crippen LogP contribution in [-0.2, 0) is 0 Å². The van der Waals surface area contributed by atoms with Gasteiger partial charge in [0.15, 0.2) is 17.7 Å². The Kier molecular flexibility index (Phi) is 5.41. The summed E-state index contributed by atoms with van der Waals surface area (Å²) >= 11 is 0. The van der Waals surface area contributed by atoms with Gasteiger partial charge >= 0.3 is 0 Å². The Morgan fingerprint density at radius 3 is 2.60 bits per heavy atom. The average molecular weight is 468 g/mol. The van der Waals surface area contributed by atoms with E-state index in [1.54, 1.807) is 24.3 Å². The van der Waals surface area contributed by atoms with Gasteiger partial charge in [0, 0.05) is 36.0 Å². The number of hydrogen-bond donors (Lipinski definition) is 1. The van der Waals surface area contributed by atoms with E-state index in [4.69, 9.17) is 9.73 Å². The molecule has 0 saturated carbocycles. The number of ketones is 2. The van der Waals surface area contributed by atoms with E-state index in [1.165, 1.54) is 19.3 Å². The molecular formula is C29H29N3O3. The molecule has 0 radical (unpaired) electrons. The standard InChI is InChI=1S/C29H29N3O3/c1-17-10-11-23-21(15-17)31-27-24(35-23)16-22(30-12-14-32-13-6-5-7-18(32)2)25-26(27)29(34)20-9-4-3-8-19(20)28(25)33/h3-4,8-11,15-16,18,24,30H,5-7,12-14H2,1-2H3/t18-,24?/m0/s1. The number of ether oxygens (including phenoxy) is 1. The Hall–Kier alpha value is -3.51. The number of hydrogen-bond acceptors (Lipinski definition) is 6. The molecule has 0 bridgehead atoms. The molecule has 2 atom stereocenters. The second kappa shape index (κ2) is 8.61. The first-order valence-electron chi connectivity index (χ1n) is 12.5. The fourth-order valence-electron chi connectivity index (χ4n) is 5.59. The molecule has 0 aromatic heterocycles. The number of piperidine rings is 1. The Morgan fingerprint density at radius 2 is 1.83 bits per heavy atom. The lowest BCUT2D eigenvalue weighted by Crippen LogP contribution is -2.44. The highest BCUT2D eigenvalue weighted by atomic mass is 16.5. The van der Waals surface area contributed by atoms with Crippen LogP contribution in [0.1, 0.15) is 52.5 Å². The summed E-state index contributed by atoms with van der Waals surface area (Å²) in [5.74, 6) is 0.369. The zero-order valence-electron chi connectivity index (χ0n) is 20.1. The maximum Gasteiger partial charge on any atom is 0.196 e. The van der Waals surface area contributed by atoms with E-state index in [0.717, 1.165) is 18.7 Å². The van der Waals surface area contributed by atoms with Crippen LogP contribution in [0.2, 0.25) is 0 Å². The van der Waals surface area contributed by atoms with Crippen molar-refractivity contribution in [2.75, 3.05) is 19.6 Å². The third-order valence-electron chi connectivity index (χ3n) is 7.50. The smallest absolute Gasteiger partial charge is 0.196 e. The van der Waals surface area contributed by atoms with Crippen molar-refractivity contribution in [1.82, 2.24) is 10.2 Å². The van der Waals surface area contributed by atoms with Gasteiger partial charge in [0.1, 0.15) is 11.4 Å². The number of carbonyl (C=O) groups excluding carboxylic acids is 2. The van der Waals surface area contributed by atoms with E-state index in [2.05, 4.69) is 17.1 Å². The fourth-order valence-corrected chi connectivity index (χ4v) is 5.59. The number of likely N-dealkylation sites (tertiary alicyclic amines) is 1. The van der Waals surface area contributed by atoms with Crippen LogP contribution in [-0.4, -0.2) is 54.0 Å². The number of aryl methyl sites for hydroxylation is 1. The monoisotopic (exact) mass is 467 g/mol. The van der Waals surface area contributed by atoms with Gasteiger partial charge in [-0.3, -0.25) is 14.5 Å². The SMILES string of the molecule is Cc1ccc2c(c1)N=C1C3=C(C(=O)c4ccccc4C3=O)C(NCCN3CCCC[C@@H]3C)=CC1O2. The number of benzene rings is 2. The van der Waals surface area contributed by atoms with Crippen LogP contribution in [0.5, 0.6) is 5.75 Å². The van der Waals surface area contributed by atoms with E-state index in [1.807, 2.05) is 31.2 Å². The van der Waals surface area contributed by atoms with Crippen LogP contribution < -0.4 is 10.1 Å². The number of allylic oxidation sites excluding steroid dienone is 1. The number of Topliss-reactive ketones (excluding diaryl/α,β-unsaturated/α-hetero) is 2. The van der Waals surface area contributed by atoms with Crippen molar-refractivity contribution in [2.24, 2.45) is 4.99 Å². The van der Waals surface area contributed by atoms with Crippen molar-refractivity contribution >= 4 is 23.0 Å². The van der Waals surface area contributed by atoms with Crippen molar-refractivity contribution in [3.05, 3.63) is 82.1 Å². The molecule has 2 aliphatic heterocycles. The maximum absolute atomic E-state index is 13.7. The summed E-state index contributed by atoms with van der Waals surface area (Å²) in [4.78, 5) is 34.8. The molecule has 6 nitrogen and oxygen atoms in total. The van der Waals surface area contributed by atoms with Crippen LogP contribution in [0.25, 0.3) is 0 Å². The number of aliphatic imine (C=N–C) groups is 1. The van der Waals surface area contributed by atoms with Gasteiger partial charge in [-0.15, -0.1) is 0 Å². The number of fused-ring (bicyclic) bond motifs is 4. The molecule has 178 valence electrons. The minimum Gasteiger partial charge on any atom is -0.478 e. The molecule has 2 aromatic carbocycles. The first kappa shape index (κ1) is 22.0. The molecule has 2 aromatic rings. The third-order valence-corrected chi connectivity index (χ3v) is 7.50. The average Bonchev–Trinajstić information content (AvgIpc) is 2.86. The summed E-state index contributed by atoms with van der Waals surface area (Å²) in [6, 6.07) is 13.5. The van der Waals surface area contributed by atoms with Crippen LogP contribution in [0, 0.1) is 6.92 Å². The van der Waals surface area contributed by atoms with Crippen molar-refractivity contribution in [2.45, 2.75) is 45.3 Å². The summed E-state index contributed by atoms with van der Waals surface area (Å²) in [6.45, 7) is 6.94. The van der Waals surface area contributed by atoms with Gasteiger partial charge in [-0.25, -0.2) is 4.99 Å². The molecule has 35 heavy (non-hydrogen) atoms. The molecule has 0 amide bonds. The van der Waals surface area contributed by atoms with Crippen molar-refractivity contribution in [3.63, 3.8) is 0 Å². The normalized spacial score (nSPS) is 23.4. The molecule has 6 rings (SSSR count). The van der Waals surface area contributed by atoms with Crippen LogP contribution in [0.4, 0.5) is 5.69 Å². The van der Waals surface area contributed by atoms with Gasteiger partial charge < -0.3 is 10.1 Å². The lowest BCUT2D eigenvalue weighted by atomic mass is 9.76. The maximum atomic E-state index is 13.7. The van der Waals surface area contributed by atoms with E-state index in [9.17, 15) is 9.59 Å². The minimum absolute atomic E-state index is 0.142. The molecule has 2 aliphatic carbocycles. The number of nitrogens with zero attached hydrogens (tertiary/aromatic N) is 2. The summed E-state index contributed by atoms with van der Waals surface area (Å²) in [5, 5.41) is 3.49. The quantitative estimate of drug-likeness (QED) is 0.714.